The summed E-state index contributed by atoms with van der Waals surface area (Å²) < 4.78 is 5.45. The van der Waals surface area contributed by atoms with E-state index in [4.69, 9.17) is 4.74 Å². The van der Waals surface area contributed by atoms with Crippen molar-refractivity contribution in [3.05, 3.63) is 71.3 Å². The smallest absolute Gasteiger partial charge is 0.191 e. The van der Waals surface area contributed by atoms with Gasteiger partial charge in [0.05, 0.1) is 19.8 Å². The van der Waals surface area contributed by atoms with Crippen LogP contribution < -0.4 is 10.6 Å². The minimum atomic E-state index is 0.0309. The summed E-state index contributed by atoms with van der Waals surface area (Å²) in [6.45, 7) is 5.93. The highest BCUT2D eigenvalue weighted by Crippen LogP contribution is 2.14. The summed E-state index contributed by atoms with van der Waals surface area (Å²) in [5.41, 5.74) is 3.72. The first-order valence-electron chi connectivity index (χ1n) is 10.3. The van der Waals surface area contributed by atoms with Gasteiger partial charge in [0.2, 0.25) is 0 Å². The van der Waals surface area contributed by atoms with E-state index in [9.17, 15) is 5.11 Å². The van der Waals surface area contributed by atoms with Gasteiger partial charge in [0.1, 0.15) is 0 Å². The van der Waals surface area contributed by atoms with Crippen LogP contribution in [0.2, 0.25) is 0 Å². The number of guanidine groups is 1. The molecule has 6 heteroatoms. The van der Waals surface area contributed by atoms with E-state index >= 15 is 0 Å². The molecular weight excluding hydrogens is 364 g/mol. The fourth-order valence-corrected chi connectivity index (χ4v) is 3.52. The van der Waals surface area contributed by atoms with Gasteiger partial charge in [0.25, 0.3) is 0 Å². The van der Waals surface area contributed by atoms with E-state index in [1.54, 1.807) is 7.05 Å². The van der Waals surface area contributed by atoms with E-state index in [0.717, 1.165) is 44.4 Å². The highest BCUT2D eigenvalue weighted by atomic mass is 16.5. The summed E-state index contributed by atoms with van der Waals surface area (Å²) in [7, 11) is 1.77. The van der Waals surface area contributed by atoms with Crippen LogP contribution in [-0.2, 0) is 17.8 Å². The average molecular weight is 397 g/mol. The molecule has 2 aromatic carbocycles. The van der Waals surface area contributed by atoms with Crippen LogP contribution in [0.1, 0.15) is 22.6 Å². The molecule has 0 spiro atoms. The second-order valence-electron chi connectivity index (χ2n) is 7.25. The molecule has 1 atom stereocenters. The van der Waals surface area contributed by atoms with Gasteiger partial charge in [-0.3, -0.25) is 9.89 Å². The van der Waals surface area contributed by atoms with Gasteiger partial charge in [0, 0.05) is 45.7 Å². The Kier molecular flexibility index (Phi) is 8.49. The molecular formula is C23H32N4O2. The third-order valence-corrected chi connectivity index (χ3v) is 5.29. The van der Waals surface area contributed by atoms with E-state index in [0.29, 0.717) is 13.1 Å². The monoisotopic (exact) mass is 396 g/mol. The molecule has 156 valence electrons. The number of nitrogens with one attached hydrogen (secondary N) is 2. The van der Waals surface area contributed by atoms with Crippen molar-refractivity contribution in [3.63, 3.8) is 0 Å². The van der Waals surface area contributed by atoms with Crippen molar-refractivity contribution in [1.29, 1.82) is 0 Å². The van der Waals surface area contributed by atoms with Gasteiger partial charge in [-0.15, -0.1) is 0 Å². The van der Waals surface area contributed by atoms with Crippen molar-refractivity contribution < 1.29 is 9.84 Å². The van der Waals surface area contributed by atoms with Gasteiger partial charge >= 0.3 is 0 Å². The zero-order valence-electron chi connectivity index (χ0n) is 17.2. The van der Waals surface area contributed by atoms with Crippen LogP contribution in [0.15, 0.2) is 59.6 Å². The van der Waals surface area contributed by atoms with Crippen LogP contribution in [0.25, 0.3) is 0 Å². The minimum Gasteiger partial charge on any atom is -0.396 e. The zero-order valence-corrected chi connectivity index (χ0v) is 17.2. The molecule has 1 heterocycles. The van der Waals surface area contributed by atoms with E-state index in [2.05, 4.69) is 44.8 Å². The molecule has 3 rings (SSSR count). The van der Waals surface area contributed by atoms with Crippen LogP contribution >= 0.6 is 0 Å². The lowest BCUT2D eigenvalue weighted by Crippen LogP contribution is -2.40. The van der Waals surface area contributed by atoms with Crippen LogP contribution in [0.4, 0.5) is 0 Å². The predicted molar refractivity (Wildman–Crippen MR) is 117 cm³/mol. The number of nitrogens with zero attached hydrogens (tertiary/aromatic N) is 2. The predicted octanol–water partition coefficient (Wildman–Crippen LogP) is 1.96. The number of morpholine rings is 1. The Morgan fingerprint density at radius 2 is 1.72 bits per heavy atom. The number of hydrogen-bond donors (Lipinski definition) is 3. The summed E-state index contributed by atoms with van der Waals surface area (Å²) in [5.74, 6) is 0.768. The largest absolute Gasteiger partial charge is 0.396 e. The standard InChI is InChI=1S/C23H32N4O2/c1-24-23(26-16-22(18-28)19-7-3-2-4-8-19)25-15-20-9-5-6-10-21(20)17-27-11-13-29-14-12-27/h2-10,22,28H,11-18H2,1H3,(H2,24,25,26). The van der Waals surface area contributed by atoms with Crippen molar-refractivity contribution in [2.24, 2.45) is 4.99 Å². The number of ether oxygens (including phenoxy) is 1. The summed E-state index contributed by atoms with van der Waals surface area (Å²) in [5, 5.41) is 16.5. The molecule has 0 aromatic heterocycles. The number of aliphatic hydroxyl groups excluding tert-OH is 1. The maximum atomic E-state index is 9.75. The summed E-state index contributed by atoms with van der Waals surface area (Å²) in [4.78, 5) is 6.77. The second kappa shape index (κ2) is 11.6. The zero-order chi connectivity index (χ0) is 20.3. The molecule has 0 aliphatic carbocycles. The Balaban J connectivity index is 1.54. The fraction of sp³-hybridized carbons (Fsp3) is 0.435. The summed E-state index contributed by atoms with van der Waals surface area (Å²) >= 11 is 0. The maximum absolute atomic E-state index is 9.75. The Bertz CT molecular complexity index is 760. The Labute approximate surface area is 173 Å². The quantitative estimate of drug-likeness (QED) is 0.470. The Hall–Kier alpha value is -2.41. The van der Waals surface area contributed by atoms with E-state index < -0.39 is 0 Å². The van der Waals surface area contributed by atoms with Crippen LogP contribution in [0.3, 0.4) is 0 Å². The number of aliphatic hydroxyl groups is 1. The lowest BCUT2D eigenvalue weighted by molar-refractivity contribution is 0.0341. The number of benzene rings is 2. The SMILES string of the molecule is CN=C(NCc1ccccc1CN1CCOCC1)NCC(CO)c1ccccc1. The highest BCUT2D eigenvalue weighted by Gasteiger charge is 2.14. The van der Waals surface area contributed by atoms with Crippen LogP contribution in [0.5, 0.6) is 0 Å². The topological polar surface area (TPSA) is 69.1 Å². The van der Waals surface area contributed by atoms with Gasteiger partial charge in [-0.25, -0.2) is 0 Å². The van der Waals surface area contributed by atoms with Crippen molar-refractivity contribution in [1.82, 2.24) is 15.5 Å². The van der Waals surface area contributed by atoms with Crippen LogP contribution in [-0.4, -0.2) is 62.5 Å². The van der Waals surface area contributed by atoms with Crippen LogP contribution in [0, 0.1) is 0 Å². The van der Waals surface area contributed by atoms with Gasteiger partial charge in [-0.1, -0.05) is 54.6 Å². The van der Waals surface area contributed by atoms with Gasteiger partial charge in [-0.2, -0.15) is 0 Å². The molecule has 1 aliphatic heterocycles. The third kappa shape index (κ3) is 6.56. The summed E-state index contributed by atoms with van der Waals surface area (Å²) in [6.07, 6.45) is 0. The van der Waals surface area contributed by atoms with Crippen molar-refractivity contribution in [2.75, 3.05) is 46.5 Å². The average Bonchev–Trinajstić information content (AvgIpc) is 2.78. The second-order valence-corrected chi connectivity index (χ2v) is 7.25. The molecule has 1 saturated heterocycles. The fourth-order valence-electron chi connectivity index (χ4n) is 3.52. The molecule has 0 radical (unpaired) electrons. The Morgan fingerprint density at radius 1 is 1.03 bits per heavy atom. The molecule has 1 aliphatic rings. The molecule has 0 amide bonds. The van der Waals surface area contributed by atoms with E-state index in [-0.39, 0.29) is 12.5 Å². The first-order valence-corrected chi connectivity index (χ1v) is 10.3. The molecule has 3 N–H and O–H groups in total. The number of hydrogen-bond acceptors (Lipinski definition) is 4. The maximum Gasteiger partial charge on any atom is 0.191 e. The molecule has 6 nitrogen and oxygen atoms in total. The molecule has 2 aromatic rings. The molecule has 29 heavy (non-hydrogen) atoms. The molecule has 1 fully saturated rings. The Morgan fingerprint density at radius 3 is 2.41 bits per heavy atom. The lowest BCUT2D eigenvalue weighted by Gasteiger charge is -2.27. The normalized spacial score (nSPS) is 16.4. The lowest BCUT2D eigenvalue weighted by atomic mass is 10.0. The van der Waals surface area contributed by atoms with Crippen molar-refractivity contribution in [3.8, 4) is 0 Å². The van der Waals surface area contributed by atoms with Gasteiger partial charge in [0.15, 0.2) is 5.96 Å². The van der Waals surface area contributed by atoms with Gasteiger partial charge < -0.3 is 20.5 Å². The minimum absolute atomic E-state index is 0.0309. The van der Waals surface area contributed by atoms with Crippen molar-refractivity contribution in [2.45, 2.75) is 19.0 Å². The first-order chi connectivity index (χ1) is 14.3. The molecule has 0 saturated carbocycles. The van der Waals surface area contributed by atoms with Gasteiger partial charge in [-0.05, 0) is 16.7 Å². The van der Waals surface area contributed by atoms with E-state index in [1.807, 2.05) is 30.3 Å². The summed E-state index contributed by atoms with van der Waals surface area (Å²) in [6, 6.07) is 18.6. The number of rotatable bonds is 8. The van der Waals surface area contributed by atoms with Crippen molar-refractivity contribution >= 4 is 5.96 Å². The molecule has 0 bridgehead atoms. The van der Waals surface area contributed by atoms with E-state index in [1.165, 1.54) is 11.1 Å². The number of aliphatic imine (C=N–C) groups is 1. The third-order valence-electron chi connectivity index (χ3n) is 5.29. The first kappa shape index (κ1) is 21.3. The molecule has 1 unspecified atom stereocenters. The highest BCUT2D eigenvalue weighted by molar-refractivity contribution is 5.79.